The van der Waals surface area contributed by atoms with Crippen molar-refractivity contribution in [1.82, 2.24) is 4.57 Å². The largest absolute Gasteiger partial charge is 0.493 e. The van der Waals surface area contributed by atoms with Crippen LogP contribution in [0.3, 0.4) is 0 Å². The maximum absolute atomic E-state index is 5.75. The number of ether oxygens (including phenoxy) is 1. The first-order valence-corrected chi connectivity index (χ1v) is 7.17. The molecule has 0 N–H and O–H groups in total. The monoisotopic (exact) mass is 263 g/mol. The van der Waals surface area contributed by atoms with Crippen molar-refractivity contribution in [3.05, 3.63) is 66.4 Å². The molecule has 1 aliphatic rings. The summed E-state index contributed by atoms with van der Waals surface area (Å²) in [6.45, 7) is 1.84. The van der Waals surface area contributed by atoms with Crippen LogP contribution in [-0.2, 0) is 6.54 Å². The van der Waals surface area contributed by atoms with Crippen molar-refractivity contribution >= 4 is 10.9 Å². The molecule has 2 aromatic carbocycles. The van der Waals surface area contributed by atoms with E-state index in [-0.39, 0.29) is 0 Å². The van der Waals surface area contributed by atoms with Gasteiger partial charge >= 0.3 is 0 Å². The SMILES string of the molecule is c1ccc2c(c1)OCCC2Cn1ccc2ccccc21. The Labute approximate surface area is 118 Å². The molecule has 1 aromatic heterocycles. The van der Waals surface area contributed by atoms with Crippen molar-refractivity contribution in [1.29, 1.82) is 0 Å². The lowest BCUT2D eigenvalue weighted by atomic mass is 9.93. The van der Waals surface area contributed by atoms with Crippen LogP contribution in [-0.4, -0.2) is 11.2 Å². The van der Waals surface area contributed by atoms with E-state index < -0.39 is 0 Å². The van der Waals surface area contributed by atoms with Gasteiger partial charge in [-0.2, -0.15) is 0 Å². The second kappa shape index (κ2) is 4.71. The standard InChI is InChI=1S/C18H17NO/c1-3-7-17-14(5-1)9-11-19(17)13-15-10-12-20-18-8-4-2-6-16(15)18/h1-9,11,15H,10,12-13H2. The van der Waals surface area contributed by atoms with Crippen molar-refractivity contribution in [2.24, 2.45) is 0 Å². The van der Waals surface area contributed by atoms with Gasteiger partial charge in [0, 0.05) is 24.2 Å². The van der Waals surface area contributed by atoms with Crippen molar-refractivity contribution in [2.75, 3.05) is 6.61 Å². The lowest BCUT2D eigenvalue weighted by Crippen LogP contribution is -2.18. The fourth-order valence-corrected chi connectivity index (χ4v) is 3.14. The van der Waals surface area contributed by atoms with Crippen molar-refractivity contribution in [3.8, 4) is 5.75 Å². The summed E-state index contributed by atoms with van der Waals surface area (Å²) in [4.78, 5) is 0. The summed E-state index contributed by atoms with van der Waals surface area (Å²) in [5.41, 5.74) is 2.66. The van der Waals surface area contributed by atoms with Crippen molar-refractivity contribution < 1.29 is 4.74 Å². The normalized spacial score (nSPS) is 17.7. The van der Waals surface area contributed by atoms with Crippen LogP contribution in [0.2, 0.25) is 0 Å². The molecule has 2 nitrogen and oxygen atoms in total. The zero-order chi connectivity index (χ0) is 13.4. The number of aromatic nitrogens is 1. The molecule has 0 bridgehead atoms. The highest BCUT2D eigenvalue weighted by atomic mass is 16.5. The Morgan fingerprint density at radius 2 is 1.85 bits per heavy atom. The predicted molar refractivity (Wildman–Crippen MR) is 81.2 cm³/mol. The van der Waals surface area contributed by atoms with Gasteiger partial charge in [-0.15, -0.1) is 0 Å². The summed E-state index contributed by atoms with van der Waals surface area (Å²) < 4.78 is 8.11. The molecule has 100 valence electrons. The van der Waals surface area contributed by atoms with Gasteiger partial charge < -0.3 is 9.30 Å². The molecule has 2 heteroatoms. The second-order valence-electron chi connectivity index (χ2n) is 5.40. The predicted octanol–water partition coefficient (Wildman–Crippen LogP) is 4.21. The van der Waals surface area contributed by atoms with Crippen LogP contribution in [0.1, 0.15) is 17.9 Å². The molecule has 0 radical (unpaired) electrons. The fourth-order valence-electron chi connectivity index (χ4n) is 3.14. The number of fused-ring (bicyclic) bond motifs is 2. The fraction of sp³-hybridized carbons (Fsp3) is 0.222. The van der Waals surface area contributed by atoms with E-state index in [0.29, 0.717) is 5.92 Å². The summed E-state index contributed by atoms with van der Waals surface area (Å²) in [5.74, 6) is 1.59. The molecule has 1 atom stereocenters. The van der Waals surface area contributed by atoms with E-state index in [4.69, 9.17) is 4.74 Å². The average Bonchev–Trinajstić information content (AvgIpc) is 2.91. The third-order valence-corrected chi connectivity index (χ3v) is 4.18. The van der Waals surface area contributed by atoms with Crippen LogP contribution in [0, 0.1) is 0 Å². The Balaban J connectivity index is 1.70. The Morgan fingerprint density at radius 3 is 2.85 bits per heavy atom. The smallest absolute Gasteiger partial charge is 0.122 e. The molecular formula is C18H17NO. The van der Waals surface area contributed by atoms with Gasteiger partial charge in [-0.25, -0.2) is 0 Å². The van der Waals surface area contributed by atoms with Gasteiger partial charge in [0.15, 0.2) is 0 Å². The third kappa shape index (κ3) is 1.88. The maximum atomic E-state index is 5.75. The van der Waals surface area contributed by atoms with E-state index in [0.717, 1.165) is 25.3 Å². The molecular weight excluding hydrogens is 246 g/mol. The number of benzene rings is 2. The Hall–Kier alpha value is -2.22. The first-order chi connectivity index (χ1) is 9.92. The quantitative estimate of drug-likeness (QED) is 0.675. The average molecular weight is 263 g/mol. The van der Waals surface area contributed by atoms with Gasteiger partial charge in [-0.1, -0.05) is 36.4 Å². The van der Waals surface area contributed by atoms with Crippen molar-refractivity contribution in [2.45, 2.75) is 18.9 Å². The van der Waals surface area contributed by atoms with E-state index >= 15 is 0 Å². The van der Waals surface area contributed by atoms with Crippen molar-refractivity contribution in [3.63, 3.8) is 0 Å². The summed E-state index contributed by atoms with van der Waals surface area (Å²) in [6, 6.07) is 19.2. The Morgan fingerprint density at radius 1 is 1.00 bits per heavy atom. The van der Waals surface area contributed by atoms with E-state index in [9.17, 15) is 0 Å². The summed E-state index contributed by atoms with van der Waals surface area (Å²) >= 11 is 0. The van der Waals surface area contributed by atoms with Gasteiger partial charge in [0.25, 0.3) is 0 Å². The van der Waals surface area contributed by atoms with E-state index in [1.54, 1.807) is 0 Å². The maximum Gasteiger partial charge on any atom is 0.122 e. The van der Waals surface area contributed by atoms with Gasteiger partial charge in [-0.3, -0.25) is 0 Å². The van der Waals surface area contributed by atoms with Gasteiger partial charge in [0.05, 0.1) is 6.61 Å². The zero-order valence-corrected chi connectivity index (χ0v) is 11.3. The second-order valence-corrected chi connectivity index (χ2v) is 5.40. The van der Waals surface area contributed by atoms with E-state index in [2.05, 4.69) is 59.3 Å². The van der Waals surface area contributed by atoms with Crippen LogP contribution in [0.15, 0.2) is 60.8 Å². The lowest BCUT2D eigenvalue weighted by molar-refractivity contribution is 0.259. The van der Waals surface area contributed by atoms with Crippen LogP contribution >= 0.6 is 0 Å². The topological polar surface area (TPSA) is 14.2 Å². The molecule has 1 unspecified atom stereocenters. The summed E-state index contributed by atoms with van der Waals surface area (Å²) in [5, 5.41) is 1.31. The highest BCUT2D eigenvalue weighted by Crippen LogP contribution is 2.35. The molecule has 0 fully saturated rings. The van der Waals surface area contributed by atoms with E-state index in [1.807, 2.05) is 6.07 Å². The molecule has 0 aliphatic carbocycles. The molecule has 4 rings (SSSR count). The van der Waals surface area contributed by atoms with Crippen LogP contribution in [0.25, 0.3) is 10.9 Å². The van der Waals surface area contributed by atoms with Crippen LogP contribution < -0.4 is 4.74 Å². The number of hydrogen-bond acceptors (Lipinski definition) is 1. The molecule has 0 saturated carbocycles. The number of para-hydroxylation sites is 2. The lowest BCUT2D eigenvalue weighted by Gasteiger charge is -2.26. The minimum absolute atomic E-state index is 0.538. The minimum Gasteiger partial charge on any atom is -0.493 e. The molecule has 1 aliphatic heterocycles. The third-order valence-electron chi connectivity index (χ3n) is 4.18. The number of rotatable bonds is 2. The minimum atomic E-state index is 0.538. The summed E-state index contributed by atoms with van der Waals surface area (Å²) in [7, 11) is 0. The molecule has 20 heavy (non-hydrogen) atoms. The summed E-state index contributed by atoms with van der Waals surface area (Å²) in [6.07, 6.45) is 3.28. The number of nitrogens with zero attached hydrogens (tertiary/aromatic N) is 1. The molecule has 0 amide bonds. The Bertz CT molecular complexity index is 744. The van der Waals surface area contributed by atoms with Crippen LogP contribution in [0.4, 0.5) is 0 Å². The van der Waals surface area contributed by atoms with Gasteiger partial charge in [-0.05, 0) is 35.6 Å². The number of hydrogen-bond donors (Lipinski definition) is 0. The highest BCUT2D eigenvalue weighted by molar-refractivity contribution is 5.79. The van der Waals surface area contributed by atoms with E-state index in [1.165, 1.54) is 16.5 Å². The molecule has 0 spiro atoms. The van der Waals surface area contributed by atoms with Crippen LogP contribution in [0.5, 0.6) is 5.75 Å². The Kier molecular flexibility index (Phi) is 2.73. The first-order valence-electron chi connectivity index (χ1n) is 7.17. The molecule has 2 heterocycles. The highest BCUT2D eigenvalue weighted by Gasteiger charge is 2.21. The molecule has 3 aromatic rings. The van der Waals surface area contributed by atoms with Gasteiger partial charge in [0.1, 0.15) is 5.75 Å². The van der Waals surface area contributed by atoms with Gasteiger partial charge in [0.2, 0.25) is 0 Å². The zero-order valence-electron chi connectivity index (χ0n) is 11.3. The first kappa shape index (κ1) is 11.6. The molecule has 0 saturated heterocycles.